The van der Waals surface area contributed by atoms with Crippen LogP contribution in [0.25, 0.3) is 0 Å². The van der Waals surface area contributed by atoms with E-state index in [1.165, 1.54) is 0 Å². The highest BCUT2D eigenvalue weighted by Gasteiger charge is 2.12. The molecule has 0 bridgehead atoms. The van der Waals surface area contributed by atoms with E-state index >= 15 is 0 Å². The van der Waals surface area contributed by atoms with Gasteiger partial charge in [0.2, 0.25) is 5.91 Å². The SMILES string of the molecule is NC(=O)Cc1c(F)cc(Cl)cc1F. The smallest absolute Gasteiger partial charge is 0.222 e. The van der Waals surface area contributed by atoms with Crippen molar-refractivity contribution in [3.63, 3.8) is 0 Å². The molecule has 5 heteroatoms. The molecule has 2 nitrogen and oxygen atoms in total. The molecule has 0 aliphatic carbocycles. The van der Waals surface area contributed by atoms with Crippen LogP contribution in [0.4, 0.5) is 8.78 Å². The molecule has 70 valence electrons. The molecule has 13 heavy (non-hydrogen) atoms. The van der Waals surface area contributed by atoms with Crippen LogP contribution in [0.2, 0.25) is 5.02 Å². The number of halogens is 3. The van der Waals surface area contributed by atoms with Crippen LogP contribution in [0.3, 0.4) is 0 Å². The highest BCUT2D eigenvalue weighted by molar-refractivity contribution is 6.30. The predicted molar refractivity (Wildman–Crippen MR) is 44.3 cm³/mol. The molecular formula is C8H6ClF2NO. The number of benzene rings is 1. The van der Waals surface area contributed by atoms with E-state index < -0.39 is 24.0 Å². The van der Waals surface area contributed by atoms with Crippen molar-refractivity contribution in [2.24, 2.45) is 5.73 Å². The fourth-order valence-corrected chi connectivity index (χ4v) is 1.11. The van der Waals surface area contributed by atoms with Gasteiger partial charge in [-0.25, -0.2) is 8.78 Å². The van der Waals surface area contributed by atoms with E-state index in [-0.39, 0.29) is 10.6 Å². The monoisotopic (exact) mass is 205 g/mol. The molecule has 0 radical (unpaired) electrons. The van der Waals surface area contributed by atoms with Crippen molar-refractivity contribution in [2.75, 3.05) is 0 Å². The van der Waals surface area contributed by atoms with E-state index in [0.29, 0.717) is 0 Å². The van der Waals surface area contributed by atoms with Crippen LogP contribution in [-0.4, -0.2) is 5.91 Å². The first-order valence-corrected chi connectivity index (χ1v) is 3.80. The van der Waals surface area contributed by atoms with Gasteiger partial charge in [-0.1, -0.05) is 11.6 Å². The number of primary amides is 1. The van der Waals surface area contributed by atoms with Crippen molar-refractivity contribution in [2.45, 2.75) is 6.42 Å². The second-order valence-electron chi connectivity index (χ2n) is 2.49. The van der Waals surface area contributed by atoms with Crippen LogP contribution in [-0.2, 0) is 11.2 Å². The van der Waals surface area contributed by atoms with Crippen molar-refractivity contribution in [3.8, 4) is 0 Å². The average molecular weight is 206 g/mol. The molecule has 0 unspecified atom stereocenters. The quantitative estimate of drug-likeness (QED) is 0.784. The summed E-state index contributed by atoms with van der Waals surface area (Å²) in [5.74, 6) is -2.51. The Morgan fingerprint density at radius 2 is 1.85 bits per heavy atom. The molecular weight excluding hydrogens is 200 g/mol. The zero-order valence-corrected chi connectivity index (χ0v) is 7.24. The maximum atomic E-state index is 12.9. The molecule has 2 N–H and O–H groups in total. The summed E-state index contributed by atoms with van der Waals surface area (Å²) in [6.07, 6.45) is -0.463. The van der Waals surface area contributed by atoms with E-state index in [1.54, 1.807) is 0 Å². The molecule has 0 aliphatic rings. The van der Waals surface area contributed by atoms with Gasteiger partial charge in [0.15, 0.2) is 0 Å². The van der Waals surface area contributed by atoms with Gasteiger partial charge in [-0.15, -0.1) is 0 Å². The summed E-state index contributed by atoms with van der Waals surface area (Å²) >= 11 is 5.36. The van der Waals surface area contributed by atoms with Gasteiger partial charge in [0, 0.05) is 10.6 Å². The second kappa shape index (κ2) is 3.70. The van der Waals surface area contributed by atoms with Crippen LogP contribution >= 0.6 is 11.6 Å². The van der Waals surface area contributed by atoms with Gasteiger partial charge in [-0.3, -0.25) is 4.79 Å². The summed E-state index contributed by atoms with van der Waals surface area (Å²) in [4.78, 5) is 10.4. The molecule has 0 aromatic heterocycles. The summed E-state index contributed by atoms with van der Waals surface area (Å²) in [6.45, 7) is 0. The Bertz CT molecular complexity index is 331. The summed E-state index contributed by atoms with van der Waals surface area (Å²) in [7, 11) is 0. The fourth-order valence-electron chi connectivity index (χ4n) is 0.915. The van der Waals surface area contributed by atoms with E-state index in [0.717, 1.165) is 12.1 Å². The molecule has 0 fully saturated rings. The standard InChI is InChI=1S/C8H6ClF2NO/c9-4-1-6(10)5(3-8(12)13)7(11)2-4/h1-2H,3H2,(H2,12,13). The number of rotatable bonds is 2. The van der Waals surface area contributed by atoms with Gasteiger partial charge in [0.1, 0.15) is 11.6 Å². The lowest BCUT2D eigenvalue weighted by Gasteiger charge is -2.02. The molecule has 1 amide bonds. The Morgan fingerprint density at radius 1 is 1.38 bits per heavy atom. The molecule has 0 atom stereocenters. The third kappa shape index (κ3) is 2.39. The number of amides is 1. The molecule has 1 aromatic rings. The molecule has 0 saturated carbocycles. The minimum absolute atomic E-state index is 0.0526. The van der Waals surface area contributed by atoms with Gasteiger partial charge in [0.25, 0.3) is 0 Å². The Kier molecular flexibility index (Phi) is 2.83. The van der Waals surface area contributed by atoms with Crippen LogP contribution in [0.1, 0.15) is 5.56 Å². The summed E-state index contributed by atoms with van der Waals surface area (Å²) < 4.78 is 25.9. The third-order valence-electron chi connectivity index (χ3n) is 1.46. The van der Waals surface area contributed by atoms with Crippen molar-refractivity contribution in [1.29, 1.82) is 0 Å². The van der Waals surface area contributed by atoms with Crippen LogP contribution < -0.4 is 5.73 Å². The number of carbonyl (C=O) groups excluding carboxylic acids is 1. The minimum Gasteiger partial charge on any atom is -0.369 e. The molecule has 1 aromatic carbocycles. The largest absolute Gasteiger partial charge is 0.369 e. The molecule has 0 heterocycles. The Hall–Kier alpha value is -1.16. The maximum Gasteiger partial charge on any atom is 0.222 e. The Labute approximate surface area is 78.3 Å². The molecule has 0 spiro atoms. The molecule has 1 rings (SSSR count). The zero-order valence-electron chi connectivity index (χ0n) is 6.48. The van der Waals surface area contributed by atoms with Crippen LogP contribution in [0.5, 0.6) is 0 Å². The van der Waals surface area contributed by atoms with E-state index in [1.807, 2.05) is 0 Å². The topological polar surface area (TPSA) is 43.1 Å². The first kappa shape index (κ1) is 9.92. The Morgan fingerprint density at radius 3 is 2.23 bits per heavy atom. The maximum absolute atomic E-state index is 12.9. The fraction of sp³-hybridized carbons (Fsp3) is 0.125. The summed E-state index contributed by atoms with van der Waals surface area (Å²) in [5, 5.41) is -0.0526. The van der Waals surface area contributed by atoms with Crippen LogP contribution in [0.15, 0.2) is 12.1 Å². The normalized spacial score (nSPS) is 10.1. The zero-order chi connectivity index (χ0) is 10.0. The predicted octanol–water partition coefficient (Wildman–Crippen LogP) is 1.65. The lowest BCUT2D eigenvalue weighted by Crippen LogP contribution is -2.15. The highest BCUT2D eigenvalue weighted by Crippen LogP contribution is 2.18. The molecule has 0 saturated heterocycles. The second-order valence-corrected chi connectivity index (χ2v) is 2.93. The highest BCUT2D eigenvalue weighted by atomic mass is 35.5. The number of hydrogen-bond acceptors (Lipinski definition) is 1. The number of hydrogen-bond donors (Lipinski definition) is 1. The van der Waals surface area contributed by atoms with Gasteiger partial charge >= 0.3 is 0 Å². The number of carbonyl (C=O) groups is 1. The first-order chi connectivity index (χ1) is 6.00. The lowest BCUT2D eigenvalue weighted by atomic mass is 10.1. The van der Waals surface area contributed by atoms with Crippen molar-refractivity contribution < 1.29 is 13.6 Å². The average Bonchev–Trinajstić information content (AvgIpc) is 1.96. The Balaban J connectivity index is 3.13. The van der Waals surface area contributed by atoms with Crippen molar-refractivity contribution >= 4 is 17.5 Å². The number of nitrogens with two attached hydrogens (primary N) is 1. The lowest BCUT2D eigenvalue weighted by molar-refractivity contribution is -0.117. The third-order valence-corrected chi connectivity index (χ3v) is 1.68. The first-order valence-electron chi connectivity index (χ1n) is 3.42. The summed E-state index contributed by atoms with van der Waals surface area (Å²) in [6, 6.07) is 1.87. The van der Waals surface area contributed by atoms with E-state index in [9.17, 15) is 13.6 Å². The van der Waals surface area contributed by atoms with E-state index in [4.69, 9.17) is 17.3 Å². The van der Waals surface area contributed by atoms with Crippen molar-refractivity contribution in [3.05, 3.63) is 34.4 Å². The van der Waals surface area contributed by atoms with Gasteiger partial charge < -0.3 is 5.73 Å². The van der Waals surface area contributed by atoms with Crippen LogP contribution in [0, 0.1) is 11.6 Å². The summed E-state index contributed by atoms with van der Waals surface area (Å²) in [5.41, 5.74) is 4.44. The minimum atomic E-state index is -0.858. The van der Waals surface area contributed by atoms with E-state index in [2.05, 4.69) is 0 Å². The van der Waals surface area contributed by atoms with Gasteiger partial charge in [0.05, 0.1) is 6.42 Å². The molecule has 0 aliphatic heterocycles. The van der Waals surface area contributed by atoms with Crippen molar-refractivity contribution in [1.82, 2.24) is 0 Å². The van der Waals surface area contributed by atoms with Gasteiger partial charge in [-0.2, -0.15) is 0 Å². The van der Waals surface area contributed by atoms with Gasteiger partial charge in [-0.05, 0) is 12.1 Å².